The summed E-state index contributed by atoms with van der Waals surface area (Å²) in [5.74, 6) is 0.150. The van der Waals surface area contributed by atoms with Gasteiger partial charge in [0.25, 0.3) is 0 Å². The minimum Gasteiger partial charge on any atom is -0.325 e. The van der Waals surface area contributed by atoms with Crippen LogP contribution in [0.5, 0.6) is 0 Å². The van der Waals surface area contributed by atoms with E-state index >= 15 is 0 Å². The molecule has 0 spiro atoms. The lowest BCUT2D eigenvalue weighted by molar-refractivity contribution is -0.116. The topological polar surface area (TPSA) is 56.0 Å². The number of hydrogen-bond donors (Lipinski definition) is 1. The number of ketones is 1. The van der Waals surface area contributed by atoms with Crippen LogP contribution >= 0.6 is 0 Å². The van der Waals surface area contributed by atoms with Crippen LogP contribution in [-0.4, -0.2) is 10.8 Å². The molecule has 0 unspecified atom stereocenters. The molecule has 64 valence electrons. The maximum Gasteiger partial charge on any atom is 0.134 e. The summed E-state index contributed by atoms with van der Waals surface area (Å²) in [6.07, 6.45) is 2.15. The van der Waals surface area contributed by atoms with Crippen LogP contribution in [0.4, 0.5) is 0 Å². The summed E-state index contributed by atoms with van der Waals surface area (Å²) >= 11 is 0. The average Bonchev–Trinajstić information content (AvgIpc) is 2.05. The van der Waals surface area contributed by atoms with Crippen LogP contribution in [0.1, 0.15) is 18.2 Å². The Hall–Kier alpha value is -1.22. The van der Waals surface area contributed by atoms with Gasteiger partial charge in [-0.3, -0.25) is 9.78 Å². The lowest BCUT2D eigenvalue weighted by Crippen LogP contribution is -2.01. The predicted octanol–water partition coefficient (Wildman–Crippen LogP) is 0.672. The van der Waals surface area contributed by atoms with Gasteiger partial charge in [-0.05, 0) is 18.6 Å². The predicted molar refractivity (Wildman–Crippen MR) is 46.5 cm³/mol. The fourth-order valence-corrected chi connectivity index (χ4v) is 0.968. The zero-order valence-corrected chi connectivity index (χ0v) is 7.08. The minimum absolute atomic E-state index is 0.150. The first-order valence-corrected chi connectivity index (χ1v) is 3.85. The zero-order chi connectivity index (χ0) is 8.97. The molecule has 0 aromatic carbocycles. The van der Waals surface area contributed by atoms with Gasteiger partial charge < -0.3 is 5.73 Å². The zero-order valence-electron chi connectivity index (χ0n) is 7.08. The standard InChI is InChI=1S/C9H12N2O/c1-7(12)4-8-2-3-9(5-10)11-6-8/h2-3,6H,4-5,10H2,1H3. The molecule has 0 amide bonds. The molecule has 0 saturated heterocycles. The van der Waals surface area contributed by atoms with E-state index in [0.29, 0.717) is 13.0 Å². The van der Waals surface area contributed by atoms with Gasteiger partial charge in [0.05, 0.1) is 5.69 Å². The van der Waals surface area contributed by atoms with E-state index in [1.165, 1.54) is 0 Å². The highest BCUT2D eigenvalue weighted by atomic mass is 16.1. The lowest BCUT2D eigenvalue weighted by Gasteiger charge is -1.98. The molecular weight excluding hydrogens is 152 g/mol. The first-order chi connectivity index (χ1) is 5.72. The van der Waals surface area contributed by atoms with Gasteiger partial charge in [-0.15, -0.1) is 0 Å². The Morgan fingerprint density at radius 1 is 1.58 bits per heavy atom. The molecule has 2 N–H and O–H groups in total. The second-order valence-corrected chi connectivity index (χ2v) is 2.74. The Kier molecular flexibility index (Phi) is 2.94. The van der Waals surface area contributed by atoms with Gasteiger partial charge >= 0.3 is 0 Å². The Bertz CT molecular complexity index is 266. The molecule has 0 atom stereocenters. The number of aromatic nitrogens is 1. The SMILES string of the molecule is CC(=O)Cc1ccc(CN)nc1. The second-order valence-electron chi connectivity index (χ2n) is 2.74. The molecule has 0 aliphatic heterocycles. The molecular formula is C9H12N2O. The van der Waals surface area contributed by atoms with E-state index in [9.17, 15) is 4.79 Å². The van der Waals surface area contributed by atoms with Crippen molar-refractivity contribution in [3.8, 4) is 0 Å². The van der Waals surface area contributed by atoms with Crippen molar-refractivity contribution in [2.24, 2.45) is 5.73 Å². The van der Waals surface area contributed by atoms with Crippen molar-refractivity contribution in [2.75, 3.05) is 0 Å². The molecule has 3 heteroatoms. The van der Waals surface area contributed by atoms with Crippen molar-refractivity contribution in [3.05, 3.63) is 29.6 Å². The van der Waals surface area contributed by atoms with E-state index in [2.05, 4.69) is 4.98 Å². The first-order valence-electron chi connectivity index (χ1n) is 3.85. The molecule has 0 saturated carbocycles. The molecule has 1 aromatic heterocycles. The molecule has 1 aromatic rings. The van der Waals surface area contributed by atoms with Crippen LogP contribution < -0.4 is 5.73 Å². The summed E-state index contributed by atoms with van der Waals surface area (Å²) in [7, 11) is 0. The molecule has 12 heavy (non-hydrogen) atoms. The third kappa shape index (κ3) is 2.43. The summed E-state index contributed by atoms with van der Waals surface area (Å²) < 4.78 is 0. The number of pyridine rings is 1. The number of hydrogen-bond acceptors (Lipinski definition) is 3. The van der Waals surface area contributed by atoms with Crippen molar-refractivity contribution >= 4 is 5.78 Å². The Labute approximate surface area is 71.6 Å². The van der Waals surface area contributed by atoms with Crippen molar-refractivity contribution < 1.29 is 4.79 Å². The third-order valence-corrected chi connectivity index (χ3v) is 1.55. The molecule has 0 aliphatic carbocycles. The summed E-state index contributed by atoms with van der Waals surface area (Å²) in [6, 6.07) is 3.73. The van der Waals surface area contributed by atoms with E-state index in [-0.39, 0.29) is 5.78 Å². The van der Waals surface area contributed by atoms with Crippen LogP contribution in [0, 0.1) is 0 Å². The monoisotopic (exact) mass is 164 g/mol. The van der Waals surface area contributed by atoms with Gasteiger partial charge in [-0.2, -0.15) is 0 Å². The van der Waals surface area contributed by atoms with E-state index in [0.717, 1.165) is 11.3 Å². The summed E-state index contributed by atoms with van der Waals surface area (Å²) in [4.78, 5) is 14.8. The van der Waals surface area contributed by atoms with Gasteiger partial charge in [0.1, 0.15) is 5.78 Å². The van der Waals surface area contributed by atoms with Gasteiger partial charge in [0.15, 0.2) is 0 Å². The number of carbonyl (C=O) groups excluding carboxylic acids is 1. The van der Waals surface area contributed by atoms with E-state index in [4.69, 9.17) is 5.73 Å². The number of rotatable bonds is 3. The quantitative estimate of drug-likeness (QED) is 0.714. The molecule has 0 bridgehead atoms. The maximum atomic E-state index is 10.7. The van der Waals surface area contributed by atoms with Crippen molar-refractivity contribution in [1.29, 1.82) is 0 Å². The maximum absolute atomic E-state index is 10.7. The number of Topliss-reactive ketones (excluding diaryl/α,β-unsaturated/α-hetero) is 1. The Morgan fingerprint density at radius 2 is 2.33 bits per heavy atom. The lowest BCUT2D eigenvalue weighted by atomic mass is 10.1. The van der Waals surface area contributed by atoms with E-state index in [1.54, 1.807) is 13.1 Å². The molecule has 1 rings (SSSR count). The normalized spacial score (nSPS) is 9.83. The summed E-state index contributed by atoms with van der Waals surface area (Å²) in [5.41, 5.74) is 7.17. The van der Waals surface area contributed by atoms with Gasteiger partial charge in [-0.25, -0.2) is 0 Å². The molecule has 1 heterocycles. The largest absolute Gasteiger partial charge is 0.325 e. The van der Waals surface area contributed by atoms with Crippen molar-refractivity contribution in [3.63, 3.8) is 0 Å². The highest BCUT2D eigenvalue weighted by Crippen LogP contribution is 2.00. The summed E-state index contributed by atoms with van der Waals surface area (Å²) in [5, 5.41) is 0. The van der Waals surface area contributed by atoms with E-state index in [1.807, 2.05) is 12.1 Å². The first kappa shape index (κ1) is 8.87. The van der Waals surface area contributed by atoms with Gasteiger partial charge in [-0.1, -0.05) is 6.07 Å². The average molecular weight is 164 g/mol. The van der Waals surface area contributed by atoms with Crippen LogP contribution in [0.2, 0.25) is 0 Å². The molecule has 0 radical (unpaired) electrons. The summed E-state index contributed by atoms with van der Waals surface area (Å²) in [6.45, 7) is 2.01. The third-order valence-electron chi connectivity index (χ3n) is 1.55. The molecule has 0 fully saturated rings. The van der Waals surface area contributed by atoms with Crippen LogP contribution in [0.25, 0.3) is 0 Å². The fourth-order valence-electron chi connectivity index (χ4n) is 0.968. The highest BCUT2D eigenvalue weighted by molar-refractivity contribution is 5.78. The number of nitrogens with two attached hydrogens (primary N) is 1. The Morgan fingerprint density at radius 3 is 2.75 bits per heavy atom. The van der Waals surface area contributed by atoms with Crippen molar-refractivity contribution in [2.45, 2.75) is 19.9 Å². The molecule has 3 nitrogen and oxygen atoms in total. The smallest absolute Gasteiger partial charge is 0.134 e. The molecule has 0 aliphatic rings. The van der Waals surface area contributed by atoms with Crippen molar-refractivity contribution in [1.82, 2.24) is 4.98 Å². The van der Waals surface area contributed by atoms with Crippen LogP contribution in [0.15, 0.2) is 18.3 Å². The van der Waals surface area contributed by atoms with Gasteiger partial charge in [0, 0.05) is 19.2 Å². The highest BCUT2D eigenvalue weighted by Gasteiger charge is 1.97. The van der Waals surface area contributed by atoms with Gasteiger partial charge in [0.2, 0.25) is 0 Å². The Balaban J connectivity index is 2.71. The number of carbonyl (C=O) groups is 1. The van der Waals surface area contributed by atoms with E-state index < -0.39 is 0 Å². The second kappa shape index (κ2) is 3.97. The number of nitrogens with zero attached hydrogens (tertiary/aromatic N) is 1. The minimum atomic E-state index is 0.150. The fraction of sp³-hybridized carbons (Fsp3) is 0.333. The van der Waals surface area contributed by atoms with Crippen LogP contribution in [0.3, 0.4) is 0 Å². The van der Waals surface area contributed by atoms with Crippen LogP contribution in [-0.2, 0) is 17.8 Å².